The Balaban J connectivity index is 3.00. The molecule has 2 nitrogen and oxygen atoms in total. The Kier molecular flexibility index (Phi) is 3.32. The number of nitrogens with zero attached hydrogens (tertiary/aromatic N) is 1. The van der Waals surface area contributed by atoms with Crippen LogP contribution in [-0.2, 0) is 0 Å². The van der Waals surface area contributed by atoms with Crippen molar-refractivity contribution in [1.29, 1.82) is 5.26 Å². The SMILES string of the molecule is N#Cc1ccc(C(CN)C(F)(F)F)cc1. The molecule has 0 saturated carbocycles. The van der Waals surface area contributed by atoms with Gasteiger partial charge in [0, 0.05) is 6.54 Å². The molecule has 0 aliphatic carbocycles. The zero-order valence-corrected chi connectivity index (χ0v) is 7.75. The van der Waals surface area contributed by atoms with Gasteiger partial charge in [0.15, 0.2) is 0 Å². The van der Waals surface area contributed by atoms with E-state index in [4.69, 9.17) is 11.0 Å². The van der Waals surface area contributed by atoms with Crippen LogP contribution in [-0.4, -0.2) is 12.7 Å². The fourth-order valence-electron chi connectivity index (χ4n) is 1.25. The van der Waals surface area contributed by atoms with E-state index < -0.39 is 18.6 Å². The Hall–Kier alpha value is -1.54. The predicted molar refractivity (Wildman–Crippen MR) is 49.0 cm³/mol. The molecular weight excluding hydrogens is 205 g/mol. The molecule has 0 aliphatic heterocycles. The van der Waals surface area contributed by atoms with E-state index in [1.807, 2.05) is 6.07 Å². The van der Waals surface area contributed by atoms with Gasteiger partial charge >= 0.3 is 6.18 Å². The maximum Gasteiger partial charge on any atom is 0.396 e. The van der Waals surface area contributed by atoms with E-state index in [-0.39, 0.29) is 5.56 Å². The Bertz CT molecular complexity index is 362. The van der Waals surface area contributed by atoms with Gasteiger partial charge in [0.1, 0.15) is 0 Å². The summed E-state index contributed by atoms with van der Waals surface area (Å²) in [7, 11) is 0. The number of nitriles is 1. The van der Waals surface area contributed by atoms with E-state index in [1.54, 1.807) is 0 Å². The van der Waals surface area contributed by atoms with Crippen LogP contribution in [0.4, 0.5) is 13.2 Å². The molecule has 0 aromatic heterocycles. The monoisotopic (exact) mass is 214 g/mol. The second kappa shape index (κ2) is 4.32. The first-order valence-corrected chi connectivity index (χ1v) is 4.26. The predicted octanol–water partition coefficient (Wildman–Crippen LogP) is 2.16. The molecule has 1 aromatic carbocycles. The number of halogens is 3. The Morgan fingerprint density at radius 2 is 1.80 bits per heavy atom. The smallest absolute Gasteiger partial charge is 0.330 e. The van der Waals surface area contributed by atoms with E-state index in [9.17, 15) is 13.2 Å². The van der Waals surface area contributed by atoms with E-state index in [2.05, 4.69) is 0 Å². The van der Waals surface area contributed by atoms with Crippen LogP contribution in [0.15, 0.2) is 24.3 Å². The highest BCUT2D eigenvalue weighted by molar-refractivity contribution is 5.33. The maximum atomic E-state index is 12.4. The quantitative estimate of drug-likeness (QED) is 0.820. The largest absolute Gasteiger partial charge is 0.396 e. The van der Waals surface area contributed by atoms with Crippen molar-refractivity contribution in [3.63, 3.8) is 0 Å². The van der Waals surface area contributed by atoms with Gasteiger partial charge in [-0.1, -0.05) is 12.1 Å². The highest BCUT2D eigenvalue weighted by atomic mass is 19.4. The topological polar surface area (TPSA) is 49.8 Å². The van der Waals surface area contributed by atoms with Crippen molar-refractivity contribution >= 4 is 0 Å². The van der Waals surface area contributed by atoms with Gasteiger partial charge in [0.2, 0.25) is 0 Å². The lowest BCUT2D eigenvalue weighted by atomic mass is 9.98. The maximum absolute atomic E-state index is 12.4. The first kappa shape index (κ1) is 11.5. The van der Waals surface area contributed by atoms with Gasteiger partial charge in [0.05, 0.1) is 17.6 Å². The Labute approximate surface area is 85.1 Å². The molecule has 0 radical (unpaired) electrons. The summed E-state index contributed by atoms with van der Waals surface area (Å²) in [5, 5.41) is 8.49. The van der Waals surface area contributed by atoms with Gasteiger partial charge in [-0.2, -0.15) is 18.4 Å². The lowest BCUT2D eigenvalue weighted by Gasteiger charge is -2.18. The van der Waals surface area contributed by atoms with Crippen LogP contribution < -0.4 is 5.73 Å². The van der Waals surface area contributed by atoms with Crippen LogP contribution in [0.2, 0.25) is 0 Å². The third-order valence-corrected chi connectivity index (χ3v) is 2.07. The molecule has 0 fully saturated rings. The number of rotatable bonds is 2. The second-order valence-corrected chi connectivity index (χ2v) is 3.06. The lowest BCUT2D eigenvalue weighted by Crippen LogP contribution is -2.27. The van der Waals surface area contributed by atoms with Crippen molar-refractivity contribution in [2.45, 2.75) is 12.1 Å². The number of nitrogens with two attached hydrogens (primary N) is 1. The van der Waals surface area contributed by atoms with Crippen LogP contribution in [0, 0.1) is 11.3 Å². The average molecular weight is 214 g/mol. The summed E-state index contributed by atoms with van der Waals surface area (Å²) < 4.78 is 37.3. The van der Waals surface area contributed by atoms with Crippen LogP contribution in [0.25, 0.3) is 0 Å². The molecule has 0 aliphatic rings. The summed E-state index contributed by atoms with van der Waals surface area (Å²) >= 11 is 0. The van der Waals surface area contributed by atoms with Crippen molar-refractivity contribution in [1.82, 2.24) is 0 Å². The number of hydrogen-bond donors (Lipinski definition) is 1. The van der Waals surface area contributed by atoms with Gasteiger partial charge < -0.3 is 5.73 Å². The van der Waals surface area contributed by atoms with E-state index in [1.165, 1.54) is 24.3 Å². The summed E-state index contributed by atoms with van der Waals surface area (Å²) in [6.45, 7) is -0.491. The van der Waals surface area contributed by atoms with Gasteiger partial charge in [0.25, 0.3) is 0 Å². The number of benzene rings is 1. The third-order valence-electron chi connectivity index (χ3n) is 2.07. The molecule has 5 heteroatoms. The molecule has 2 N–H and O–H groups in total. The van der Waals surface area contributed by atoms with E-state index in [0.29, 0.717) is 5.56 Å². The first-order valence-electron chi connectivity index (χ1n) is 4.26. The van der Waals surface area contributed by atoms with Crippen molar-refractivity contribution in [2.24, 2.45) is 5.73 Å². The van der Waals surface area contributed by atoms with Crippen LogP contribution in [0.1, 0.15) is 17.0 Å². The molecule has 0 spiro atoms. The van der Waals surface area contributed by atoms with E-state index >= 15 is 0 Å². The molecule has 1 atom stereocenters. The lowest BCUT2D eigenvalue weighted by molar-refractivity contribution is -0.148. The third kappa shape index (κ3) is 2.70. The van der Waals surface area contributed by atoms with Gasteiger partial charge in [-0.15, -0.1) is 0 Å². The number of hydrogen-bond acceptors (Lipinski definition) is 2. The standard InChI is InChI=1S/C10H9F3N2/c11-10(12,13)9(6-15)8-3-1-7(5-14)2-4-8/h1-4,9H,6,15H2. The average Bonchev–Trinajstić information content (AvgIpc) is 2.18. The highest BCUT2D eigenvalue weighted by Gasteiger charge is 2.39. The summed E-state index contributed by atoms with van der Waals surface area (Å²) in [4.78, 5) is 0. The molecule has 1 rings (SSSR count). The second-order valence-electron chi connectivity index (χ2n) is 3.06. The fourth-order valence-corrected chi connectivity index (χ4v) is 1.25. The van der Waals surface area contributed by atoms with Crippen molar-refractivity contribution in [3.8, 4) is 6.07 Å². The minimum Gasteiger partial charge on any atom is -0.330 e. The summed E-state index contributed by atoms with van der Waals surface area (Å²) in [5.74, 6) is -1.66. The van der Waals surface area contributed by atoms with Crippen LogP contribution in [0.3, 0.4) is 0 Å². The van der Waals surface area contributed by atoms with E-state index in [0.717, 1.165) is 0 Å². The zero-order valence-electron chi connectivity index (χ0n) is 7.75. The Morgan fingerprint density at radius 1 is 1.27 bits per heavy atom. The highest BCUT2D eigenvalue weighted by Crippen LogP contribution is 2.33. The molecular formula is C10H9F3N2. The number of alkyl halides is 3. The fraction of sp³-hybridized carbons (Fsp3) is 0.300. The minimum absolute atomic E-state index is 0.0870. The molecule has 1 unspecified atom stereocenters. The zero-order chi connectivity index (χ0) is 11.5. The first-order chi connectivity index (χ1) is 6.99. The normalized spacial score (nSPS) is 13.3. The molecule has 0 heterocycles. The summed E-state index contributed by atoms with van der Waals surface area (Å²) in [5.41, 5.74) is 5.49. The molecule has 0 saturated heterocycles. The van der Waals surface area contributed by atoms with Crippen LogP contribution in [0.5, 0.6) is 0 Å². The molecule has 15 heavy (non-hydrogen) atoms. The van der Waals surface area contributed by atoms with Crippen molar-refractivity contribution in [3.05, 3.63) is 35.4 Å². The molecule has 1 aromatic rings. The Morgan fingerprint density at radius 3 is 2.13 bits per heavy atom. The molecule has 80 valence electrons. The summed E-state index contributed by atoms with van der Waals surface area (Å²) in [6, 6.07) is 7.10. The minimum atomic E-state index is -4.34. The van der Waals surface area contributed by atoms with Gasteiger partial charge in [-0.3, -0.25) is 0 Å². The van der Waals surface area contributed by atoms with Gasteiger partial charge in [-0.25, -0.2) is 0 Å². The van der Waals surface area contributed by atoms with Crippen LogP contribution >= 0.6 is 0 Å². The van der Waals surface area contributed by atoms with Crippen molar-refractivity contribution < 1.29 is 13.2 Å². The van der Waals surface area contributed by atoms with Gasteiger partial charge in [-0.05, 0) is 17.7 Å². The van der Waals surface area contributed by atoms with Crippen molar-refractivity contribution in [2.75, 3.05) is 6.54 Å². The summed E-state index contributed by atoms with van der Waals surface area (Å²) in [6.07, 6.45) is -4.34. The molecule has 0 amide bonds. The molecule has 0 bridgehead atoms.